The smallest absolute Gasteiger partial charge is 0.239 e. The summed E-state index contributed by atoms with van der Waals surface area (Å²) in [4.78, 5) is 23.7. The highest BCUT2D eigenvalue weighted by molar-refractivity contribution is 5.82. The molecule has 0 bridgehead atoms. The van der Waals surface area contributed by atoms with E-state index in [9.17, 15) is 4.79 Å². The Morgan fingerprint density at radius 2 is 1.68 bits per heavy atom. The summed E-state index contributed by atoms with van der Waals surface area (Å²) >= 11 is 0. The zero-order valence-electron chi connectivity index (χ0n) is 19.3. The minimum atomic E-state index is -0.0514. The summed E-state index contributed by atoms with van der Waals surface area (Å²) in [5, 5.41) is 3.42. The number of nitrogens with one attached hydrogen (secondary N) is 1. The molecule has 2 unspecified atom stereocenters. The average Bonchev–Trinajstić information content (AvgIpc) is 3.34. The molecule has 3 rings (SSSR count). The van der Waals surface area contributed by atoms with E-state index in [-0.39, 0.29) is 18.1 Å². The molecule has 172 valence electrons. The number of likely N-dealkylation sites (tertiary alicyclic amines) is 1. The van der Waals surface area contributed by atoms with Gasteiger partial charge in [0.2, 0.25) is 5.91 Å². The highest BCUT2D eigenvalue weighted by Crippen LogP contribution is 2.26. The number of carbonyl (C=O) groups is 1. The monoisotopic (exact) mass is 431 g/mol. The van der Waals surface area contributed by atoms with E-state index in [4.69, 9.17) is 9.47 Å². The molecule has 1 amide bonds. The first-order valence-electron chi connectivity index (χ1n) is 11.3. The molecule has 1 aromatic carbocycles. The van der Waals surface area contributed by atoms with Crippen molar-refractivity contribution in [2.75, 3.05) is 60.0 Å². The maximum absolute atomic E-state index is 12.7. The number of methoxy groups -OCH3 is 1. The second-order valence-electron chi connectivity index (χ2n) is 8.24. The van der Waals surface area contributed by atoms with Crippen molar-refractivity contribution in [3.05, 3.63) is 24.3 Å². The van der Waals surface area contributed by atoms with Crippen LogP contribution in [0.4, 0.5) is 0 Å². The van der Waals surface area contributed by atoms with Gasteiger partial charge in [-0.15, -0.1) is 0 Å². The number of aliphatic imine (C=N–C) groups is 1. The quantitative estimate of drug-likeness (QED) is 0.523. The summed E-state index contributed by atoms with van der Waals surface area (Å²) in [6.07, 6.45) is 2.22. The van der Waals surface area contributed by atoms with Crippen molar-refractivity contribution >= 4 is 11.9 Å². The van der Waals surface area contributed by atoms with Gasteiger partial charge in [-0.25, -0.2) is 0 Å². The van der Waals surface area contributed by atoms with Crippen LogP contribution in [0.5, 0.6) is 11.5 Å². The summed E-state index contributed by atoms with van der Waals surface area (Å²) in [5.74, 6) is 2.61. The molecule has 2 heterocycles. The highest BCUT2D eigenvalue weighted by Gasteiger charge is 2.30. The number of nitrogens with zero attached hydrogens (tertiary/aromatic N) is 4. The maximum atomic E-state index is 12.7. The Morgan fingerprint density at radius 1 is 1.03 bits per heavy atom. The van der Waals surface area contributed by atoms with Gasteiger partial charge in [0, 0.05) is 46.3 Å². The molecule has 0 radical (unpaired) electrons. The van der Waals surface area contributed by atoms with Crippen LogP contribution in [0.15, 0.2) is 29.3 Å². The number of rotatable bonds is 7. The number of guanidine groups is 1. The zero-order valence-corrected chi connectivity index (χ0v) is 19.3. The maximum Gasteiger partial charge on any atom is 0.239 e. The second kappa shape index (κ2) is 11.2. The van der Waals surface area contributed by atoms with Crippen molar-refractivity contribution in [1.29, 1.82) is 0 Å². The fraction of sp³-hybridized carbons (Fsp3) is 0.652. The topological polar surface area (TPSA) is 69.6 Å². The lowest BCUT2D eigenvalue weighted by Gasteiger charge is -2.39. The van der Waals surface area contributed by atoms with E-state index in [0.717, 1.165) is 69.6 Å². The SMILES string of the molecule is CN=C(NCC(C)Oc1ccccc1OC)N1CCN(C(C)C(=O)N2CCCC2)CC1. The van der Waals surface area contributed by atoms with E-state index in [1.165, 1.54) is 0 Å². The standard InChI is InChI=1S/C23H37N5O3/c1-18(31-21-10-6-5-9-20(21)30-4)17-25-23(24-3)28-15-13-26(14-16-28)19(2)22(29)27-11-7-8-12-27/h5-6,9-10,18-19H,7-8,11-17H2,1-4H3,(H,24,25). The molecule has 2 fully saturated rings. The van der Waals surface area contributed by atoms with Gasteiger partial charge in [0.05, 0.1) is 19.7 Å². The van der Waals surface area contributed by atoms with E-state index >= 15 is 0 Å². The van der Waals surface area contributed by atoms with E-state index in [1.807, 2.05) is 43.0 Å². The lowest BCUT2D eigenvalue weighted by molar-refractivity contribution is -0.135. The molecule has 2 saturated heterocycles. The minimum Gasteiger partial charge on any atom is -0.493 e. The molecule has 31 heavy (non-hydrogen) atoms. The Kier molecular flexibility index (Phi) is 8.40. The summed E-state index contributed by atoms with van der Waals surface area (Å²) in [5.41, 5.74) is 0. The molecule has 0 aromatic heterocycles. The Hall–Kier alpha value is -2.48. The van der Waals surface area contributed by atoms with Crippen molar-refractivity contribution < 1.29 is 14.3 Å². The van der Waals surface area contributed by atoms with Gasteiger partial charge in [-0.2, -0.15) is 0 Å². The highest BCUT2D eigenvalue weighted by atomic mass is 16.5. The predicted octanol–water partition coefficient (Wildman–Crippen LogP) is 1.67. The van der Waals surface area contributed by atoms with Crippen molar-refractivity contribution in [3.8, 4) is 11.5 Å². The molecule has 1 aromatic rings. The number of hydrogen-bond acceptors (Lipinski definition) is 5. The summed E-state index contributed by atoms with van der Waals surface area (Å²) in [7, 11) is 3.45. The van der Waals surface area contributed by atoms with Gasteiger partial charge >= 0.3 is 0 Å². The molecule has 0 spiro atoms. The van der Waals surface area contributed by atoms with E-state index in [1.54, 1.807) is 14.2 Å². The number of hydrogen-bond donors (Lipinski definition) is 1. The first-order chi connectivity index (χ1) is 15.0. The van der Waals surface area contributed by atoms with Crippen LogP contribution in [0, 0.1) is 0 Å². The average molecular weight is 432 g/mol. The van der Waals surface area contributed by atoms with Crippen LogP contribution >= 0.6 is 0 Å². The summed E-state index contributed by atoms with van der Waals surface area (Å²) in [6.45, 7) is 9.93. The van der Waals surface area contributed by atoms with Crippen molar-refractivity contribution in [2.45, 2.75) is 38.8 Å². The van der Waals surface area contributed by atoms with Crippen LogP contribution in [0.3, 0.4) is 0 Å². The van der Waals surface area contributed by atoms with Crippen LogP contribution in [-0.2, 0) is 4.79 Å². The fourth-order valence-electron chi connectivity index (χ4n) is 4.22. The van der Waals surface area contributed by atoms with Gasteiger partial charge in [-0.3, -0.25) is 14.7 Å². The molecule has 1 N–H and O–H groups in total. The molecule has 8 heteroatoms. The second-order valence-corrected chi connectivity index (χ2v) is 8.24. The fourth-order valence-corrected chi connectivity index (χ4v) is 4.22. The largest absolute Gasteiger partial charge is 0.493 e. The molecule has 0 saturated carbocycles. The Balaban J connectivity index is 1.45. The lowest BCUT2D eigenvalue weighted by atomic mass is 10.2. The van der Waals surface area contributed by atoms with E-state index in [0.29, 0.717) is 6.54 Å². The normalized spacial score (nSPS) is 19.8. The van der Waals surface area contributed by atoms with E-state index < -0.39 is 0 Å². The number of piperazine rings is 1. The third-order valence-electron chi connectivity index (χ3n) is 6.09. The number of carbonyl (C=O) groups excluding carboxylic acids is 1. The number of para-hydroxylation sites is 2. The Labute approximate surface area is 186 Å². The minimum absolute atomic E-state index is 0.0487. The van der Waals surface area contributed by atoms with Crippen LogP contribution in [0.25, 0.3) is 0 Å². The van der Waals surface area contributed by atoms with Crippen LogP contribution in [-0.4, -0.2) is 98.7 Å². The lowest BCUT2D eigenvalue weighted by Crippen LogP contribution is -2.57. The van der Waals surface area contributed by atoms with E-state index in [2.05, 4.69) is 20.1 Å². The third-order valence-corrected chi connectivity index (χ3v) is 6.09. The van der Waals surface area contributed by atoms with Gasteiger partial charge in [0.25, 0.3) is 0 Å². The summed E-state index contributed by atoms with van der Waals surface area (Å²) in [6, 6.07) is 7.61. The van der Waals surface area contributed by atoms with Gasteiger partial charge in [-0.1, -0.05) is 12.1 Å². The van der Waals surface area contributed by atoms with Gasteiger partial charge in [0.15, 0.2) is 17.5 Å². The molecule has 2 aliphatic heterocycles. The van der Waals surface area contributed by atoms with Crippen molar-refractivity contribution in [3.63, 3.8) is 0 Å². The zero-order chi connectivity index (χ0) is 22.2. The molecule has 0 aliphatic carbocycles. The van der Waals surface area contributed by atoms with Gasteiger partial charge in [-0.05, 0) is 38.8 Å². The molecule has 2 atom stereocenters. The molecular weight excluding hydrogens is 394 g/mol. The van der Waals surface area contributed by atoms with Crippen molar-refractivity contribution in [2.24, 2.45) is 4.99 Å². The van der Waals surface area contributed by atoms with Gasteiger partial charge < -0.3 is 24.6 Å². The first kappa shape index (κ1) is 23.2. The van der Waals surface area contributed by atoms with Crippen LogP contribution in [0.2, 0.25) is 0 Å². The predicted molar refractivity (Wildman–Crippen MR) is 123 cm³/mol. The molecule has 2 aliphatic rings. The van der Waals surface area contributed by atoms with Crippen LogP contribution < -0.4 is 14.8 Å². The van der Waals surface area contributed by atoms with Crippen molar-refractivity contribution in [1.82, 2.24) is 20.0 Å². The Morgan fingerprint density at radius 3 is 2.29 bits per heavy atom. The first-order valence-corrected chi connectivity index (χ1v) is 11.3. The summed E-state index contributed by atoms with van der Waals surface area (Å²) < 4.78 is 11.4. The number of amides is 1. The molecular formula is C23H37N5O3. The Bertz CT molecular complexity index is 742. The third kappa shape index (κ3) is 6.03. The van der Waals surface area contributed by atoms with Gasteiger partial charge in [0.1, 0.15) is 6.10 Å². The van der Waals surface area contributed by atoms with Crippen LogP contribution in [0.1, 0.15) is 26.7 Å². The number of ether oxygens (including phenoxy) is 2. The number of benzene rings is 1. The molecule has 8 nitrogen and oxygen atoms in total.